The summed E-state index contributed by atoms with van der Waals surface area (Å²) in [5, 5.41) is 30.5. The number of phenols is 1. The molecular weight excluding hydrogens is 320 g/mol. The maximum absolute atomic E-state index is 12.3. The first-order valence-electron chi connectivity index (χ1n) is 8.72. The van der Waals surface area contributed by atoms with Gasteiger partial charge < -0.3 is 20.1 Å². The van der Waals surface area contributed by atoms with Gasteiger partial charge in [0.25, 0.3) is 5.91 Å². The fourth-order valence-electron chi connectivity index (χ4n) is 3.42. The molecule has 0 saturated heterocycles. The lowest BCUT2D eigenvalue weighted by molar-refractivity contribution is 0.0906. The SMILES string of the molecule is Cc1ccc(C(=O)NC2CC(c3nnc(CO)n3C3CC3)C2)cc1O. The minimum absolute atomic E-state index is 0.0900. The van der Waals surface area contributed by atoms with Gasteiger partial charge >= 0.3 is 0 Å². The van der Waals surface area contributed by atoms with Crippen molar-refractivity contribution in [1.29, 1.82) is 0 Å². The van der Waals surface area contributed by atoms with E-state index in [9.17, 15) is 15.0 Å². The molecule has 0 radical (unpaired) electrons. The lowest BCUT2D eigenvalue weighted by atomic mass is 9.79. The topological polar surface area (TPSA) is 100 Å². The van der Waals surface area contributed by atoms with Crippen LogP contribution < -0.4 is 5.32 Å². The number of nitrogens with one attached hydrogen (secondary N) is 1. The smallest absolute Gasteiger partial charge is 0.251 e. The number of amides is 1. The minimum Gasteiger partial charge on any atom is -0.508 e. The van der Waals surface area contributed by atoms with Crippen molar-refractivity contribution >= 4 is 5.91 Å². The number of aromatic hydroxyl groups is 1. The second kappa shape index (κ2) is 6.15. The first-order chi connectivity index (χ1) is 12.1. The van der Waals surface area contributed by atoms with E-state index in [4.69, 9.17) is 0 Å². The molecule has 2 fully saturated rings. The summed E-state index contributed by atoms with van der Waals surface area (Å²) in [6.07, 6.45) is 3.86. The molecule has 2 aliphatic rings. The molecule has 3 N–H and O–H groups in total. The van der Waals surface area contributed by atoms with E-state index in [-0.39, 0.29) is 30.2 Å². The standard InChI is InChI=1S/C18H22N4O3/c1-10-2-3-11(8-15(10)24)18(25)19-13-6-12(7-13)17-21-20-16(9-23)22(17)14-4-5-14/h2-3,8,12-14,23-24H,4-7,9H2,1H3,(H,19,25). The Labute approximate surface area is 145 Å². The Morgan fingerprint density at radius 2 is 2.08 bits per heavy atom. The summed E-state index contributed by atoms with van der Waals surface area (Å²) in [4.78, 5) is 12.3. The highest BCUT2D eigenvalue weighted by Crippen LogP contribution is 2.42. The monoisotopic (exact) mass is 342 g/mol. The second-order valence-corrected chi connectivity index (χ2v) is 7.07. The zero-order valence-electron chi connectivity index (χ0n) is 14.1. The number of carbonyl (C=O) groups excluding carboxylic acids is 1. The van der Waals surface area contributed by atoms with Crippen LogP contribution >= 0.6 is 0 Å². The maximum atomic E-state index is 12.3. The summed E-state index contributed by atoms with van der Waals surface area (Å²) in [7, 11) is 0. The van der Waals surface area contributed by atoms with Gasteiger partial charge in [0.05, 0.1) is 0 Å². The number of nitrogens with zero attached hydrogens (tertiary/aromatic N) is 3. The number of carbonyl (C=O) groups is 1. The van der Waals surface area contributed by atoms with Crippen molar-refractivity contribution in [2.24, 2.45) is 0 Å². The van der Waals surface area contributed by atoms with Gasteiger partial charge in [0.15, 0.2) is 5.82 Å². The van der Waals surface area contributed by atoms with Gasteiger partial charge in [0, 0.05) is 23.6 Å². The fourth-order valence-corrected chi connectivity index (χ4v) is 3.42. The van der Waals surface area contributed by atoms with Gasteiger partial charge in [-0.25, -0.2) is 0 Å². The number of phenolic OH excluding ortho intramolecular Hbond substituents is 1. The van der Waals surface area contributed by atoms with Crippen molar-refractivity contribution < 1.29 is 15.0 Å². The predicted molar refractivity (Wildman–Crippen MR) is 90.3 cm³/mol. The second-order valence-electron chi connectivity index (χ2n) is 7.07. The highest BCUT2D eigenvalue weighted by Gasteiger charge is 2.38. The molecule has 132 valence electrons. The number of benzene rings is 1. The van der Waals surface area contributed by atoms with E-state index in [1.54, 1.807) is 19.1 Å². The molecule has 1 aromatic carbocycles. The number of hydrogen-bond acceptors (Lipinski definition) is 5. The van der Waals surface area contributed by atoms with Gasteiger partial charge in [0.1, 0.15) is 18.2 Å². The fraction of sp³-hybridized carbons (Fsp3) is 0.500. The van der Waals surface area contributed by atoms with Crippen molar-refractivity contribution in [1.82, 2.24) is 20.1 Å². The Kier molecular flexibility index (Phi) is 3.95. The van der Waals surface area contributed by atoms with Gasteiger partial charge in [-0.1, -0.05) is 6.07 Å². The average molecular weight is 342 g/mol. The molecule has 0 spiro atoms. The van der Waals surface area contributed by atoms with E-state index in [1.807, 2.05) is 0 Å². The molecule has 2 saturated carbocycles. The minimum atomic E-state index is -0.168. The van der Waals surface area contributed by atoms with Gasteiger partial charge in [0.2, 0.25) is 0 Å². The highest BCUT2D eigenvalue weighted by molar-refractivity contribution is 5.95. The third kappa shape index (κ3) is 3.00. The lowest BCUT2D eigenvalue weighted by Gasteiger charge is -2.35. The molecule has 1 aromatic heterocycles. The van der Waals surface area contributed by atoms with Gasteiger partial charge in [-0.05, 0) is 50.3 Å². The molecule has 25 heavy (non-hydrogen) atoms. The van der Waals surface area contributed by atoms with E-state index < -0.39 is 0 Å². The highest BCUT2D eigenvalue weighted by atomic mass is 16.3. The number of aryl methyl sites for hydroxylation is 1. The molecule has 4 rings (SSSR count). The van der Waals surface area contributed by atoms with Crippen molar-refractivity contribution in [3.63, 3.8) is 0 Å². The summed E-state index contributed by atoms with van der Waals surface area (Å²) in [6, 6.07) is 5.48. The quantitative estimate of drug-likeness (QED) is 0.769. The zero-order chi connectivity index (χ0) is 17.6. The van der Waals surface area contributed by atoms with Gasteiger partial charge in [-0.3, -0.25) is 4.79 Å². The Hall–Kier alpha value is -2.41. The first kappa shape index (κ1) is 16.1. The summed E-state index contributed by atoms with van der Waals surface area (Å²) in [5.41, 5.74) is 1.22. The summed E-state index contributed by atoms with van der Waals surface area (Å²) in [6.45, 7) is 1.71. The molecule has 1 heterocycles. The molecule has 7 heteroatoms. The van der Waals surface area contributed by atoms with Crippen LogP contribution in [-0.2, 0) is 6.61 Å². The van der Waals surface area contributed by atoms with Crippen molar-refractivity contribution in [3.8, 4) is 5.75 Å². The number of aliphatic hydroxyl groups is 1. The van der Waals surface area contributed by atoms with Crippen LogP contribution in [0.2, 0.25) is 0 Å². The van der Waals surface area contributed by atoms with Crippen LogP contribution in [-0.4, -0.2) is 36.9 Å². The number of hydrogen-bond donors (Lipinski definition) is 3. The number of aliphatic hydroxyl groups excluding tert-OH is 1. The molecule has 1 amide bonds. The summed E-state index contributed by atoms with van der Waals surface area (Å²) < 4.78 is 2.08. The van der Waals surface area contributed by atoms with Crippen molar-refractivity contribution in [3.05, 3.63) is 41.0 Å². The predicted octanol–water partition coefficient (Wildman–Crippen LogP) is 1.80. The third-order valence-electron chi connectivity index (χ3n) is 5.16. The molecule has 0 atom stereocenters. The molecular formula is C18H22N4O3. The van der Waals surface area contributed by atoms with Crippen LogP contribution in [0.4, 0.5) is 0 Å². The van der Waals surface area contributed by atoms with Crippen LogP contribution in [0.1, 0.15) is 65.2 Å². The third-order valence-corrected chi connectivity index (χ3v) is 5.16. The average Bonchev–Trinajstić information content (AvgIpc) is 3.32. The number of rotatable bonds is 5. The molecule has 7 nitrogen and oxygen atoms in total. The van der Waals surface area contributed by atoms with E-state index in [1.165, 1.54) is 6.07 Å². The number of aromatic nitrogens is 3. The van der Waals surface area contributed by atoms with E-state index >= 15 is 0 Å². The van der Waals surface area contributed by atoms with Crippen LogP contribution in [0.5, 0.6) is 5.75 Å². The van der Waals surface area contributed by atoms with Crippen molar-refractivity contribution in [2.75, 3.05) is 0 Å². The molecule has 0 bridgehead atoms. The zero-order valence-corrected chi connectivity index (χ0v) is 14.1. The first-order valence-corrected chi connectivity index (χ1v) is 8.72. The van der Waals surface area contributed by atoms with Crippen LogP contribution in [0.15, 0.2) is 18.2 Å². The molecule has 0 aliphatic heterocycles. The Morgan fingerprint density at radius 1 is 1.32 bits per heavy atom. The maximum Gasteiger partial charge on any atom is 0.251 e. The van der Waals surface area contributed by atoms with E-state index in [0.29, 0.717) is 17.4 Å². The van der Waals surface area contributed by atoms with Gasteiger partial charge in [-0.15, -0.1) is 10.2 Å². The Morgan fingerprint density at radius 3 is 2.72 bits per heavy atom. The molecule has 2 aliphatic carbocycles. The van der Waals surface area contributed by atoms with Gasteiger partial charge in [-0.2, -0.15) is 0 Å². The van der Waals surface area contributed by atoms with Crippen molar-refractivity contribution in [2.45, 2.75) is 57.2 Å². The largest absolute Gasteiger partial charge is 0.508 e. The summed E-state index contributed by atoms with van der Waals surface area (Å²) >= 11 is 0. The van der Waals surface area contributed by atoms with Crippen LogP contribution in [0.25, 0.3) is 0 Å². The van der Waals surface area contributed by atoms with E-state index in [2.05, 4.69) is 20.1 Å². The molecule has 0 unspecified atom stereocenters. The van der Waals surface area contributed by atoms with Crippen LogP contribution in [0.3, 0.4) is 0 Å². The summed E-state index contributed by atoms with van der Waals surface area (Å²) in [5.74, 6) is 1.81. The van der Waals surface area contributed by atoms with E-state index in [0.717, 1.165) is 37.1 Å². The Balaban J connectivity index is 1.38. The normalized spacial score (nSPS) is 22.5. The van der Waals surface area contributed by atoms with Crippen LogP contribution in [0, 0.1) is 6.92 Å². The molecule has 2 aromatic rings. The lowest BCUT2D eigenvalue weighted by Crippen LogP contribution is -2.44. The Bertz CT molecular complexity index is 807.